The summed E-state index contributed by atoms with van der Waals surface area (Å²) >= 11 is 0. The van der Waals surface area contributed by atoms with Crippen molar-refractivity contribution in [3.8, 4) is 11.5 Å². The Labute approximate surface area is 149 Å². The van der Waals surface area contributed by atoms with E-state index in [0.717, 1.165) is 17.7 Å². The Balaban J connectivity index is 1.80. The first kappa shape index (κ1) is 19.6. The highest BCUT2D eigenvalue weighted by Crippen LogP contribution is 2.30. The van der Waals surface area contributed by atoms with Crippen molar-refractivity contribution < 1.29 is 32.5 Å². The molecule has 0 saturated heterocycles. The first-order valence-electron chi connectivity index (χ1n) is 8.00. The van der Waals surface area contributed by atoms with Crippen LogP contribution in [0.4, 0.5) is 13.2 Å². The number of carboxylic acid groups (broad SMARTS) is 1. The van der Waals surface area contributed by atoms with Crippen LogP contribution in [0.2, 0.25) is 0 Å². The van der Waals surface area contributed by atoms with E-state index in [4.69, 9.17) is 14.6 Å². The van der Waals surface area contributed by atoms with Crippen LogP contribution in [-0.4, -0.2) is 24.3 Å². The van der Waals surface area contributed by atoms with E-state index in [1.807, 2.05) is 6.07 Å². The second-order valence-corrected chi connectivity index (χ2v) is 5.81. The molecule has 26 heavy (non-hydrogen) atoms. The number of hydrogen-bond donors (Lipinski definition) is 1. The maximum absolute atomic E-state index is 12.5. The monoisotopic (exact) mass is 368 g/mol. The SMILES string of the molecule is CC(Cc1cccc(OCCOc2ccc(C(F)(F)F)cc2)c1)C(=O)O. The lowest BCUT2D eigenvalue weighted by atomic mass is 10.0. The molecule has 7 heteroatoms. The molecular formula is C19H19F3O4. The summed E-state index contributed by atoms with van der Waals surface area (Å²) in [4.78, 5) is 10.9. The number of aliphatic carboxylic acids is 1. The van der Waals surface area contributed by atoms with Crippen molar-refractivity contribution in [2.45, 2.75) is 19.5 Å². The molecule has 2 aromatic rings. The van der Waals surface area contributed by atoms with Crippen molar-refractivity contribution in [2.24, 2.45) is 5.92 Å². The molecule has 0 spiro atoms. The highest BCUT2D eigenvalue weighted by Gasteiger charge is 2.29. The lowest BCUT2D eigenvalue weighted by Gasteiger charge is -2.11. The number of alkyl halides is 3. The van der Waals surface area contributed by atoms with Gasteiger partial charge in [-0.3, -0.25) is 4.79 Å². The summed E-state index contributed by atoms with van der Waals surface area (Å²) in [6, 6.07) is 11.5. The van der Waals surface area contributed by atoms with Crippen LogP contribution in [0.1, 0.15) is 18.1 Å². The molecule has 1 unspecified atom stereocenters. The third kappa shape index (κ3) is 5.98. The number of hydrogen-bond acceptors (Lipinski definition) is 3. The van der Waals surface area contributed by atoms with Crippen molar-refractivity contribution >= 4 is 5.97 Å². The molecule has 0 aliphatic heterocycles. The molecule has 1 atom stereocenters. The number of rotatable bonds is 8. The molecule has 2 rings (SSSR count). The van der Waals surface area contributed by atoms with E-state index in [9.17, 15) is 18.0 Å². The predicted molar refractivity (Wildman–Crippen MR) is 89.4 cm³/mol. The molecule has 0 radical (unpaired) electrons. The van der Waals surface area contributed by atoms with Crippen LogP contribution < -0.4 is 9.47 Å². The highest BCUT2D eigenvalue weighted by atomic mass is 19.4. The summed E-state index contributed by atoms with van der Waals surface area (Å²) < 4.78 is 48.3. The van der Waals surface area contributed by atoms with Gasteiger partial charge in [0, 0.05) is 0 Å². The molecule has 140 valence electrons. The van der Waals surface area contributed by atoms with Crippen molar-refractivity contribution in [1.82, 2.24) is 0 Å². The number of carboxylic acids is 1. The fourth-order valence-electron chi connectivity index (χ4n) is 2.26. The number of benzene rings is 2. The van der Waals surface area contributed by atoms with Gasteiger partial charge in [0.25, 0.3) is 0 Å². The average molecular weight is 368 g/mol. The summed E-state index contributed by atoms with van der Waals surface area (Å²) in [5.74, 6) is -0.448. The van der Waals surface area contributed by atoms with Crippen LogP contribution in [0.5, 0.6) is 11.5 Å². The molecule has 0 aromatic heterocycles. The van der Waals surface area contributed by atoms with Crippen LogP contribution in [0.15, 0.2) is 48.5 Å². The minimum atomic E-state index is -4.37. The molecule has 0 heterocycles. The first-order chi connectivity index (χ1) is 12.3. The lowest BCUT2D eigenvalue weighted by molar-refractivity contribution is -0.141. The maximum atomic E-state index is 12.5. The predicted octanol–water partition coefficient (Wildman–Crippen LogP) is 4.43. The Bertz CT molecular complexity index is 726. The highest BCUT2D eigenvalue weighted by molar-refractivity contribution is 5.69. The zero-order chi connectivity index (χ0) is 19.2. The second-order valence-electron chi connectivity index (χ2n) is 5.81. The molecular weight excluding hydrogens is 349 g/mol. The van der Waals surface area contributed by atoms with Gasteiger partial charge in [0.2, 0.25) is 0 Å². The van der Waals surface area contributed by atoms with E-state index in [1.54, 1.807) is 25.1 Å². The quantitative estimate of drug-likeness (QED) is 0.701. The van der Waals surface area contributed by atoms with Gasteiger partial charge in [-0.2, -0.15) is 13.2 Å². The largest absolute Gasteiger partial charge is 0.490 e. The second kappa shape index (κ2) is 8.60. The number of ether oxygens (including phenoxy) is 2. The summed E-state index contributed by atoms with van der Waals surface area (Å²) in [6.07, 6.45) is -3.97. The molecule has 1 N–H and O–H groups in total. The Hall–Kier alpha value is -2.70. The minimum Gasteiger partial charge on any atom is -0.490 e. The summed E-state index contributed by atoms with van der Waals surface area (Å²) in [5.41, 5.74) is 0.120. The van der Waals surface area contributed by atoms with Crippen LogP contribution in [0.25, 0.3) is 0 Å². The lowest BCUT2D eigenvalue weighted by Crippen LogP contribution is -2.12. The third-order valence-corrected chi connectivity index (χ3v) is 3.66. The van der Waals surface area contributed by atoms with Crippen LogP contribution in [0, 0.1) is 5.92 Å². The van der Waals surface area contributed by atoms with E-state index in [1.165, 1.54) is 12.1 Å². The fraction of sp³-hybridized carbons (Fsp3) is 0.316. The van der Waals surface area contributed by atoms with Gasteiger partial charge in [0.05, 0.1) is 11.5 Å². The minimum absolute atomic E-state index is 0.168. The van der Waals surface area contributed by atoms with Crippen molar-refractivity contribution in [3.05, 3.63) is 59.7 Å². The third-order valence-electron chi connectivity index (χ3n) is 3.66. The number of halogens is 3. The zero-order valence-electron chi connectivity index (χ0n) is 14.1. The molecule has 0 amide bonds. The van der Waals surface area contributed by atoms with Crippen LogP contribution >= 0.6 is 0 Å². The van der Waals surface area contributed by atoms with Gasteiger partial charge in [-0.15, -0.1) is 0 Å². The molecule has 4 nitrogen and oxygen atoms in total. The van der Waals surface area contributed by atoms with Gasteiger partial charge in [0.15, 0.2) is 0 Å². The van der Waals surface area contributed by atoms with Crippen molar-refractivity contribution in [1.29, 1.82) is 0 Å². The Kier molecular flexibility index (Phi) is 6.49. The van der Waals surface area contributed by atoms with Crippen LogP contribution in [0.3, 0.4) is 0 Å². The summed E-state index contributed by atoms with van der Waals surface area (Å²) in [6.45, 7) is 2.01. The fourth-order valence-corrected chi connectivity index (χ4v) is 2.26. The maximum Gasteiger partial charge on any atom is 0.416 e. The molecule has 0 bridgehead atoms. The van der Waals surface area contributed by atoms with Gasteiger partial charge in [-0.1, -0.05) is 19.1 Å². The molecule has 0 aliphatic rings. The van der Waals surface area contributed by atoms with Crippen molar-refractivity contribution in [2.75, 3.05) is 13.2 Å². The van der Waals surface area contributed by atoms with E-state index < -0.39 is 23.6 Å². The zero-order valence-corrected chi connectivity index (χ0v) is 14.1. The van der Waals surface area contributed by atoms with E-state index >= 15 is 0 Å². The molecule has 0 aliphatic carbocycles. The van der Waals surface area contributed by atoms with E-state index in [0.29, 0.717) is 17.9 Å². The number of carbonyl (C=O) groups is 1. The van der Waals surface area contributed by atoms with E-state index in [2.05, 4.69) is 0 Å². The smallest absolute Gasteiger partial charge is 0.416 e. The first-order valence-corrected chi connectivity index (χ1v) is 8.00. The molecule has 0 saturated carbocycles. The topological polar surface area (TPSA) is 55.8 Å². The van der Waals surface area contributed by atoms with Gasteiger partial charge in [-0.25, -0.2) is 0 Å². The van der Waals surface area contributed by atoms with Gasteiger partial charge < -0.3 is 14.6 Å². The van der Waals surface area contributed by atoms with Gasteiger partial charge in [-0.05, 0) is 48.4 Å². The van der Waals surface area contributed by atoms with Gasteiger partial charge in [0.1, 0.15) is 24.7 Å². The molecule has 2 aromatic carbocycles. The summed E-state index contributed by atoms with van der Waals surface area (Å²) in [5, 5.41) is 8.95. The summed E-state index contributed by atoms with van der Waals surface area (Å²) in [7, 11) is 0. The Morgan fingerprint density at radius 3 is 2.23 bits per heavy atom. The van der Waals surface area contributed by atoms with Crippen LogP contribution in [-0.2, 0) is 17.4 Å². The average Bonchev–Trinajstić information content (AvgIpc) is 2.58. The normalized spacial score (nSPS) is 12.5. The Morgan fingerprint density at radius 1 is 1.04 bits per heavy atom. The van der Waals surface area contributed by atoms with E-state index in [-0.39, 0.29) is 13.2 Å². The molecule has 0 fully saturated rings. The Morgan fingerprint density at radius 2 is 1.65 bits per heavy atom. The van der Waals surface area contributed by atoms with Crippen molar-refractivity contribution in [3.63, 3.8) is 0 Å². The van der Waals surface area contributed by atoms with Gasteiger partial charge >= 0.3 is 12.1 Å². The standard InChI is InChI=1S/C19H19F3O4/c1-13(18(23)24)11-14-3-2-4-17(12-14)26-10-9-25-16-7-5-15(6-8-16)19(20,21)22/h2-8,12-13H,9-11H2,1H3,(H,23,24).